The Morgan fingerprint density at radius 2 is 1.58 bits per heavy atom. The number of hydrogen-bond acceptors (Lipinski definition) is 4. The molecule has 7 heteroatoms. The molecule has 0 aliphatic heterocycles. The van der Waals surface area contributed by atoms with Crippen LogP contribution in [0.5, 0.6) is 0 Å². The van der Waals surface area contributed by atoms with Crippen LogP contribution in [-0.4, -0.2) is 23.2 Å². The molecule has 0 saturated heterocycles. The Hall–Kier alpha value is -3.29. The smallest absolute Gasteiger partial charge is 0.238 e. The van der Waals surface area contributed by atoms with Crippen molar-refractivity contribution >= 4 is 10.0 Å². The second kappa shape index (κ2) is 8.09. The summed E-state index contributed by atoms with van der Waals surface area (Å²) in [6, 6.07) is 18.9. The second-order valence-electron chi connectivity index (χ2n) is 7.83. The highest BCUT2D eigenvalue weighted by Crippen LogP contribution is 2.32. The van der Waals surface area contributed by atoms with Gasteiger partial charge in [0.15, 0.2) is 0 Å². The van der Waals surface area contributed by atoms with Crippen molar-refractivity contribution in [1.29, 1.82) is 0 Å². The molecule has 0 spiro atoms. The van der Waals surface area contributed by atoms with Gasteiger partial charge in [-0.15, -0.1) is 0 Å². The molecular formula is C24H24N4O2S. The second-order valence-corrected chi connectivity index (χ2v) is 9.39. The van der Waals surface area contributed by atoms with Gasteiger partial charge in [-0.05, 0) is 78.1 Å². The van der Waals surface area contributed by atoms with Gasteiger partial charge in [0.05, 0.1) is 22.0 Å². The average Bonchev–Trinajstić information content (AvgIpc) is 3.20. The van der Waals surface area contributed by atoms with E-state index >= 15 is 0 Å². The fraction of sp³-hybridized carbons (Fsp3) is 0.167. The quantitative estimate of drug-likeness (QED) is 0.496. The molecular weight excluding hydrogens is 408 g/mol. The van der Waals surface area contributed by atoms with Crippen LogP contribution in [-0.2, 0) is 10.0 Å². The van der Waals surface area contributed by atoms with Crippen LogP contribution in [0.4, 0.5) is 0 Å². The SMILES string of the molecule is Cc1ccc(-c2ccncc2)cc1-c1cc(C(C)C)nn1-c1ccc(S(N)(=O)=O)cc1. The molecule has 6 nitrogen and oxygen atoms in total. The highest BCUT2D eigenvalue weighted by atomic mass is 32.2. The zero-order valence-corrected chi connectivity index (χ0v) is 18.5. The summed E-state index contributed by atoms with van der Waals surface area (Å²) in [5.41, 5.74) is 7.03. The predicted molar refractivity (Wildman–Crippen MR) is 122 cm³/mol. The van der Waals surface area contributed by atoms with E-state index in [1.54, 1.807) is 24.5 Å². The van der Waals surface area contributed by atoms with Crippen molar-refractivity contribution in [3.63, 3.8) is 0 Å². The van der Waals surface area contributed by atoms with E-state index in [0.717, 1.165) is 39.3 Å². The average molecular weight is 433 g/mol. The van der Waals surface area contributed by atoms with Gasteiger partial charge in [-0.25, -0.2) is 18.2 Å². The van der Waals surface area contributed by atoms with Crippen molar-refractivity contribution in [2.45, 2.75) is 31.6 Å². The van der Waals surface area contributed by atoms with Crippen molar-refractivity contribution in [3.05, 3.63) is 84.3 Å². The zero-order chi connectivity index (χ0) is 22.2. The largest absolute Gasteiger partial charge is 0.265 e. The Bertz CT molecular complexity index is 1330. The van der Waals surface area contributed by atoms with Crippen LogP contribution in [0.15, 0.2) is 78.0 Å². The van der Waals surface area contributed by atoms with E-state index in [-0.39, 0.29) is 10.8 Å². The molecule has 0 atom stereocenters. The number of aromatic nitrogens is 3. The number of primary sulfonamides is 1. The summed E-state index contributed by atoms with van der Waals surface area (Å²) < 4.78 is 25.1. The van der Waals surface area contributed by atoms with Gasteiger partial charge in [-0.3, -0.25) is 4.98 Å². The van der Waals surface area contributed by atoms with Crippen LogP contribution < -0.4 is 5.14 Å². The van der Waals surface area contributed by atoms with E-state index in [2.05, 4.69) is 50.0 Å². The van der Waals surface area contributed by atoms with Crippen LogP contribution in [0.2, 0.25) is 0 Å². The van der Waals surface area contributed by atoms with Crippen molar-refractivity contribution in [2.24, 2.45) is 5.14 Å². The molecule has 2 heterocycles. The molecule has 0 unspecified atom stereocenters. The number of hydrogen-bond donors (Lipinski definition) is 1. The Morgan fingerprint density at radius 3 is 2.19 bits per heavy atom. The summed E-state index contributed by atoms with van der Waals surface area (Å²) in [5.74, 6) is 0.243. The van der Waals surface area contributed by atoms with Gasteiger partial charge in [0.25, 0.3) is 0 Å². The third kappa shape index (κ3) is 4.28. The van der Waals surface area contributed by atoms with Gasteiger partial charge in [0, 0.05) is 18.0 Å². The number of sulfonamides is 1. The first-order valence-corrected chi connectivity index (χ1v) is 11.5. The first-order chi connectivity index (χ1) is 14.7. The van der Waals surface area contributed by atoms with Crippen LogP contribution in [0.25, 0.3) is 28.1 Å². The van der Waals surface area contributed by atoms with Crippen LogP contribution in [0, 0.1) is 6.92 Å². The summed E-state index contributed by atoms with van der Waals surface area (Å²) in [6.07, 6.45) is 3.56. The van der Waals surface area contributed by atoms with Crippen molar-refractivity contribution in [2.75, 3.05) is 0 Å². The minimum absolute atomic E-state index is 0.0740. The molecule has 0 fully saturated rings. The Kier molecular flexibility index (Phi) is 5.47. The number of pyridine rings is 1. The van der Waals surface area contributed by atoms with E-state index in [1.807, 2.05) is 16.8 Å². The van der Waals surface area contributed by atoms with Gasteiger partial charge in [-0.2, -0.15) is 5.10 Å². The predicted octanol–water partition coefficient (Wildman–Crippen LogP) is 4.68. The summed E-state index contributed by atoms with van der Waals surface area (Å²) in [4.78, 5) is 4.18. The lowest BCUT2D eigenvalue weighted by Gasteiger charge is -2.12. The minimum Gasteiger partial charge on any atom is -0.265 e. The monoisotopic (exact) mass is 432 g/mol. The zero-order valence-electron chi connectivity index (χ0n) is 17.6. The van der Waals surface area contributed by atoms with Crippen LogP contribution in [0.1, 0.15) is 31.0 Å². The standard InChI is InChI=1S/C24H24N4O2S/c1-16(2)23-15-24(28(27-23)20-6-8-21(9-7-20)31(25,29)30)22-14-19(5-4-17(22)3)18-10-12-26-13-11-18/h4-16H,1-3H3,(H2,25,29,30). The van der Waals surface area contributed by atoms with Crippen LogP contribution in [0.3, 0.4) is 0 Å². The Balaban J connectivity index is 1.88. The molecule has 31 heavy (non-hydrogen) atoms. The molecule has 4 rings (SSSR count). The summed E-state index contributed by atoms with van der Waals surface area (Å²) in [5, 5.41) is 10.1. The molecule has 0 aliphatic rings. The molecule has 0 radical (unpaired) electrons. The van der Waals surface area contributed by atoms with Crippen molar-refractivity contribution in [1.82, 2.24) is 14.8 Å². The number of rotatable bonds is 5. The third-order valence-electron chi connectivity index (χ3n) is 5.26. The fourth-order valence-electron chi connectivity index (χ4n) is 3.47. The molecule has 2 aromatic heterocycles. The maximum atomic E-state index is 11.6. The topological polar surface area (TPSA) is 90.9 Å². The van der Waals surface area contributed by atoms with Crippen LogP contribution >= 0.6 is 0 Å². The molecule has 0 saturated carbocycles. The highest BCUT2D eigenvalue weighted by molar-refractivity contribution is 7.89. The van der Waals surface area contributed by atoms with Gasteiger partial charge >= 0.3 is 0 Å². The van der Waals surface area contributed by atoms with Gasteiger partial charge < -0.3 is 0 Å². The maximum Gasteiger partial charge on any atom is 0.238 e. The molecule has 4 aromatic rings. The summed E-state index contributed by atoms with van der Waals surface area (Å²) in [6.45, 7) is 6.27. The molecule has 0 aliphatic carbocycles. The minimum atomic E-state index is -3.75. The van der Waals surface area contributed by atoms with E-state index in [0.29, 0.717) is 0 Å². The molecule has 2 N–H and O–H groups in total. The highest BCUT2D eigenvalue weighted by Gasteiger charge is 2.17. The Labute approximate surface area is 182 Å². The molecule has 2 aromatic carbocycles. The third-order valence-corrected chi connectivity index (χ3v) is 6.19. The summed E-state index contributed by atoms with van der Waals surface area (Å²) in [7, 11) is -3.75. The van der Waals surface area contributed by atoms with E-state index in [1.165, 1.54) is 12.1 Å². The van der Waals surface area contributed by atoms with Crippen molar-refractivity contribution in [3.8, 4) is 28.1 Å². The molecule has 0 bridgehead atoms. The normalized spacial score (nSPS) is 11.8. The number of nitrogens with zero attached hydrogens (tertiary/aromatic N) is 3. The van der Waals surface area contributed by atoms with E-state index < -0.39 is 10.0 Å². The van der Waals surface area contributed by atoms with Gasteiger partial charge in [-0.1, -0.05) is 26.0 Å². The number of benzene rings is 2. The first-order valence-electron chi connectivity index (χ1n) is 9.98. The fourth-order valence-corrected chi connectivity index (χ4v) is 3.98. The molecule has 158 valence electrons. The number of aryl methyl sites for hydroxylation is 1. The van der Waals surface area contributed by atoms with Gasteiger partial charge in [0.1, 0.15) is 0 Å². The van der Waals surface area contributed by atoms with Gasteiger partial charge in [0.2, 0.25) is 10.0 Å². The summed E-state index contributed by atoms with van der Waals surface area (Å²) >= 11 is 0. The lowest BCUT2D eigenvalue weighted by Crippen LogP contribution is -2.12. The lowest BCUT2D eigenvalue weighted by molar-refractivity contribution is 0.598. The number of nitrogens with two attached hydrogens (primary N) is 1. The molecule has 0 amide bonds. The maximum absolute atomic E-state index is 11.6. The van der Waals surface area contributed by atoms with E-state index in [4.69, 9.17) is 10.2 Å². The Morgan fingerprint density at radius 1 is 0.903 bits per heavy atom. The lowest BCUT2D eigenvalue weighted by atomic mass is 9.98. The van der Waals surface area contributed by atoms with E-state index in [9.17, 15) is 8.42 Å². The van der Waals surface area contributed by atoms with Crippen molar-refractivity contribution < 1.29 is 8.42 Å². The first kappa shape index (κ1) is 21.0.